The highest BCUT2D eigenvalue weighted by atomic mass is 35.5. The summed E-state index contributed by atoms with van der Waals surface area (Å²) >= 11 is 6.42. The summed E-state index contributed by atoms with van der Waals surface area (Å²) in [5, 5.41) is 0.683. The smallest absolute Gasteiger partial charge is 0.144 e. The van der Waals surface area contributed by atoms with E-state index in [9.17, 15) is 0 Å². The van der Waals surface area contributed by atoms with Crippen LogP contribution in [-0.4, -0.2) is 28.0 Å². The van der Waals surface area contributed by atoms with Crippen LogP contribution in [0.25, 0.3) is 0 Å². The van der Waals surface area contributed by atoms with E-state index < -0.39 is 0 Å². The van der Waals surface area contributed by atoms with Gasteiger partial charge in [-0.2, -0.15) is 0 Å². The van der Waals surface area contributed by atoms with E-state index >= 15 is 0 Å². The molecule has 20 heavy (non-hydrogen) atoms. The number of halogens is 1. The van der Waals surface area contributed by atoms with Crippen molar-refractivity contribution in [3.05, 3.63) is 22.2 Å². The molecule has 0 saturated heterocycles. The van der Waals surface area contributed by atoms with Crippen molar-refractivity contribution in [3.63, 3.8) is 0 Å². The molecule has 1 aromatic heterocycles. The maximum atomic E-state index is 6.42. The third-order valence-electron chi connectivity index (χ3n) is 4.51. The van der Waals surface area contributed by atoms with Crippen LogP contribution >= 0.6 is 11.6 Å². The second kappa shape index (κ2) is 6.86. The number of fused-ring (bicyclic) bond motifs is 1. The lowest BCUT2D eigenvalue weighted by atomic mass is 9.80. The van der Waals surface area contributed by atoms with Crippen LogP contribution in [0.4, 0.5) is 0 Å². The average Bonchev–Trinajstić information content (AvgIpc) is 2.44. The van der Waals surface area contributed by atoms with E-state index in [1.165, 1.54) is 17.7 Å². The number of rotatable bonds is 5. The van der Waals surface area contributed by atoms with Crippen molar-refractivity contribution in [2.75, 3.05) is 13.1 Å². The van der Waals surface area contributed by atoms with Gasteiger partial charge in [-0.15, -0.1) is 0 Å². The van der Waals surface area contributed by atoms with Gasteiger partial charge >= 0.3 is 0 Å². The van der Waals surface area contributed by atoms with Crippen LogP contribution in [0.5, 0.6) is 0 Å². The minimum atomic E-state index is 0.683. The highest BCUT2D eigenvalue weighted by Crippen LogP contribution is 2.32. The molecule has 1 atom stereocenters. The van der Waals surface area contributed by atoms with E-state index in [1.807, 2.05) is 0 Å². The van der Waals surface area contributed by atoms with Gasteiger partial charge < -0.3 is 0 Å². The standard InChI is InChI=1S/C16H26ClN3/c1-5-20(6-2)10-15-18-14-8-7-12(11(3)4)9-13(14)16(17)19-15/h11-12H,5-10H2,1-4H3. The van der Waals surface area contributed by atoms with Gasteiger partial charge in [-0.3, -0.25) is 4.90 Å². The highest BCUT2D eigenvalue weighted by molar-refractivity contribution is 6.30. The molecule has 1 unspecified atom stereocenters. The van der Waals surface area contributed by atoms with Crippen molar-refractivity contribution in [3.8, 4) is 0 Å². The molecule has 1 heterocycles. The fourth-order valence-electron chi connectivity index (χ4n) is 2.93. The molecule has 4 heteroatoms. The first-order valence-electron chi connectivity index (χ1n) is 7.81. The maximum Gasteiger partial charge on any atom is 0.144 e. The van der Waals surface area contributed by atoms with Crippen LogP contribution in [0, 0.1) is 11.8 Å². The lowest BCUT2D eigenvalue weighted by molar-refractivity contribution is 0.286. The molecule has 0 fully saturated rings. The minimum absolute atomic E-state index is 0.683. The summed E-state index contributed by atoms with van der Waals surface area (Å²) in [5.41, 5.74) is 2.38. The first-order chi connectivity index (χ1) is 9.55. The Morgan fingerprint density at radius 3 is 2.55 bits per heavy atom. The Kier molecular flexibility index (Phi) is 5.39. The zero-order valence-electron chi connectivity index (χ0n) is 13.1. The Morgan fingerprint density at radius 1 is 1.25 bits per heavy atom. The summed E-state index contributed by atoms with van der Waals surface area (Å²) in [4.78, 5) is 11.6. The van der Waals surface area contributed by atoms with Crippen molar-refractivity contribution >= 4 is 11.6 Å². The zero-order valence-corrected chi connectivity index (χ0v) is 13.9. The Balaban J connectivity index is 2.20. The van der Waals surface area contributed by atoms with Gasteiger partial charge in [0.15, 0.2) is 0 Å². The molecule has 112 valence electrons. The Hall–Kier alpha value is -0.670. The third kappa shape index (κ3) is 3.50. The Labute approximate surface area is 127 Å². The summed E-state index contributed by atoms with van der Waals surface area (Å²) in [6.45, 7) is 11.7. The van der Waals surface area contributed by atoms with E-state index in [2.05, 4.69) is 37.6 Å². The fraction of sp³-hybridized carbons (Fsp3) is 0.750. The SMILES string of the molecule is CCN(CC)Cc1nc(Cl)c2c(n1)CCC(C(C)C)C2. The molecule has 0 aromatic carbocycles. The molecule has 0 N–H and O–H groups in total. The molecule has 3 nitrogen and oxygen atoms in total. The van der Waals surface area contributed by atoms with Crippen LogP contribution in [0.1, 0.15) is 51.2 Å². The summed E-state index contributed by atoms with van der Waals surface area (Å²) < 4.78 is 0. The predicted octanol–water partition coefficient (Wildman–Crippen LogP) is 3.73. The van der Waals surface area contributed by atoms with Crippen molar-refractivity contribution < 1.29 is 0 Å². The van der Waals surface area contributed by atoms with Crippen molar-refractivity contribution in [1.29, 1.82) is 0 Å². The summed E-state index contributed by atoms with van der Waals surface area (Å²) in [5.74, 6) is 2.30. The van der Waals surface area contributed by atoms with E-state index in [1.54, 1.807) is 0 Å². The molecule has 2 rings (SSSR count). The molecule has 0 aliphatic heterocycles. The van der Waals surface area contributed by atoms with Crippen LogP contribution in [-0.2, 0) is 19.4 Å². The van der Waals surface area contributed by atoms with E-state index in [0.29, 0.717) is 11.1 Å². The van der Waals surface area contributed by atoms with Crippen molar-refractivity contribution in [2.24, 2.45) is 11.8 Å². The number of hydrogen-bond acceptors (Lipinski definition) is 3. The Bertz CT molecular complexity index is 455. The largest absolute Gasteiger partial charge is 0.296 e. The first-order valence-corrected chi connectivity index (χ1v) is 8.19. The topological polar surface area (TPSA) is 29.0 Å². The fourth-order valence-corrected chi connectivity index (χ4v) is 3.21. The third-order valence-corrected chi connectivity index (χ3v) is 4.82. The first kappa shape index (κ1) is 15.7. The molecule has 0 spiro atoms. The van der Waals surface area contributed by atoms with Crippen molar-refractivity contribution in [1.82, 2.24) is 14.9 Å². The van der Waals surface area contributed by atoms with Gasteiger partial charge in [-0.1, -0.05) is 39.3 Å². The second-order valence-corrected chi connectivity index (χ2v) is 6.42. The normalized spacial score (nSPS) is 18.6. The van der Waals surface area contributed by atoms with E-state index in [-0.39, 0.29) is 0 Å². The Morgan fingerprint density at radius 2 is 1.95 bits per heavy atom. The molecule has 1 aliphatic carbocycles. The number of hydrogen-bond donors (Lipinski definition) is 0. The zero-order chi connectivity index (χ0) is 14.7. The quantitative estimate of drug-likeness (QED) is 0.775. The lowest BCUT2D eigenvalue weighted by Gasteiger charge is -2.28. The van der Waals surface area contributed by atoms with E-state index in [4.69, 9.17) is 16.6 Å². The summed E-state index contributed by atoms with van der Waals surface area (Å²) in [6.07, 6.45) is 3.31. The molecule has 0 saturated carbocycles. The van der Waals surface area contributed by atoms with Crippen LogP contribution in [0.2, 0.25) is 5.15 Å². The van der Waals surface area contributed by atoms with Gasteiger partial charge in [-0.25, -0.2) is 9.97 Å². The molecule has 1 aromatic rings. The van der Waals surface area contributed by atoms with Crippen molar-refractivity contribution in [2.45, 2.75) is 53.5 Å². The van der Waals surface area contributed by atoms with Gasteiger partial charge in [0.25, 0.3) is 0 Å². The number of aromatic nitrogens is 2. The molecular formula is C16H26ClN3. The van der Waals surface area contributed by atoms with Gasteiger partial charge in [0.1, 0.15) is 11.0 Å². The van der Waals surface area contributed by atoms with Gasteiger partial charge in [0, 0.05) is 11.3 Å². The number of aryl methyl sites for hydroxylation is 1. The lowest BCUT2D eigenvalue weighted by Crippen LogP contribution is -2.26. The molecule has 0 amide bonds. The summed E-state index contributed by atoms with van der Waals surface area (Å²) in [7, 11) is 0. The minimum Gasteiger partial charge on any atom is -0.296 e. The number of nitrogens with zero attached hydrogens (tertiary/aromatic N) is 3. The van der Waals surface area contributed by atoms with Gasteiger partial charge in [0.2, 0.25) is 0 Å². The average molecular weight is 296 g/mol. The van der Waals surface area contributed by atoms with Crippen LogP contribution in [0.15, 0.2) is 0 Å². The van der Waals surface area contributed by atoms with Gasteiger partial charge in [-0.05, 0) is 44.2 Å². The van der Waals surface area contributed by atoms with E-state index in [0.717, 1.165) is 44.2 Å². The monoisotopic (exact) mass is 295 g/mol. The maximum absolute atomic E-state index is 6.42. The molecule has 0 radical (unpaired) electrons. The molecule has 0 bridgehead atoms. The van der Waals surface area contributed by atoms with Gasteiger partial charge in [0.05, 0.1) is 6.54 Å². The highest BCUT2D eigenvalue weighted by Gasteiger charge is 2.25. The predicted molar refractivity (Wildman–Crippen MR) is 84.0 cm³/mol. The van der Waals surface area contributed by atoms with Crippen LogP contribution in [0.3, 0.4) is 0 Å². The molecule has 1 aliphatic rings. The second-order valence-electron chi connectivity index (χ2n) is 6.06. The summed E-state index contributed by atoms with van der Waals surface area (Å²) in [6, 6.07) is 0. The van der Waals surface area contributed by atoms with Crippen LogP contribution < -0.4 is 0 Å². The molecular weight excluding hydrogens is 270 g/mol.